The van der Waals surface area contributed by atoms with E-state index in [1.165, 1.54) is 0 Å². The third-order valence-electron chi connectivity index (χ3n) is 3.76. The molecule has 0 saturated heterocycles. The molecule has 0 aliphatic heterocycles. The number of furan rings is 1. The zero-order valence-electron chi connectivity index (χ0n) is 13.8. The van der Waals surface area contributed by atoms with Gasteiger partial charge >= 0.3 is 0 Å². The summed E-state index contributed by atoms with van der Waals surface area (Å²) in [7, 11) is 0. The highest BCUT2D eigenvalue weighted by Gasteiger charge is 2.11. The molecule has 4 aromatic rings. The van der Waals surface area contributed by atoms with Crippen LogP contribution in [0.25, 0.3) is 16.8 Å². The minimum atomic E-state index is -0.247. The van der Waals surface area contributed by atoms with Crippen molar-refractivity contribution in [3.05, 3.63) is 66.7 Å². The molecular weight excluding hydrogens is 332 g/mol. The largest absolute Gasteiger partial charge is 0.451 e. The van der Waals surface area contributed by atoms with Gasteiger partial charge in [-0.3, -0.25) is 4.79 Å². The van der Waals surface area contributed by atoms with E-state index in [4.69, 9.17) is 4.42 Å². The summed E-state index contributed by atoms with van der Waals surface area (Å²) in [4.78, 5) is 12.1. The number of carbonyl (C=O) groups is 1. The number of anilines is 1. The van der Waals surface area contributed by atoms with E-state index in [2.05, 4.69) is 25.9 Å². The lowest BCUT2D eigenvalue weighted by molar-refractivity contribution is 0.0929. The lowest BCUT2D eigenvalue weighted by Crippen LogP contribution is -2.28. The van der Waals surface area contributed by atoms with Crippen molar-refractivity contribution in [2.75, 3.05) is 18.4 Å². The minimum Gasteiger partial charge on any atom is -0.451 e. The van der Waals surface area contributed by atoms with Crippen molar-refractivity contribution < 1.29 is 9.21 Å². The van der Waals surface area contributed by atoms with Gasteiger partial charge in [-0.25, -0.2) is 4.68 Å². The molecule has 3 heterocycles. The average Bonchev–Trinajstić information content (AvgIpc) is 3.35. The van der Waals surface area contributed by atoms with E-state index in [1.54, 1.807) is 23.1 Å². The topological polar surface area (TPSA) is 97.9 Å². The Morgan fingerprint density at radius 3 is 2.77 bits per heavy atom. The monoisotopic (exact) mass is 348 g/mol. The Kier molecular flexibility index (Phi) is 4.29. The highest BCUT2D eigenvalue weighted by atomic mass is 16.3. The summed E-state index contributed by atoms with van der Waals surface area (Å²) in [6.07, 6.45) is 3.48. The molecule has 3 aromatic heterocycles. The molecule has 4 rings (SSSR count). The van der Waals surface area contributed by atoms with E-state index in [0.717, 1.165) is 5.39 Å². The Labute approximate surface area is 148 Å². The Morgan fingerprint density at radius 2 is 2.00 bits per heavy atom. The lowest BCUT2D eigenvalue weighted by atomic mass is 10.2. The highest BCUT2D eigenvalue weighted by molar-refractivity contribution is 5.96. The van der Waals surface area contributed by atoms with Crippen LogP contribution < -0.4 is 10.6 Å². The Morgan fingerprint density at radius 1 is 1.08 bits per heavy atom. The van der Waals surface area contributed by atoms with Gasteiger partial charge in [-0.2, -0.15) is 5.10 Å². The van der Waals surface area contributed by atoms with Crippen molar-refractivity contribution in [2.45, 2.75) is 0 Å². The normalized spacial score (nSPS) is 10.8. The number of hydrogen-bond donors (Lipinski definition) is 2. The number of hydrogen-bond acceptors (Lipinski definition) is 6. The summed E-state index contributed by atoms with van der Waals surface area (Å²) < 4.78 is 7.16. The number of amides is 1. The summed E-state index contributed by atoms with van der Waals surface area (Å²) in [5.41, 5.74) is 0.698. The van der Waals surface area contributed by atoms with Crippen LogP contribution in [-0.2, 0) is 0 Å². The van der Waals surface area contributed by atoms with Gasteiger partial charge in [0.05, 0.1) is 0 Å². The number of aromatic nitrogens is 4. The van der Waals surface area contributed by atoms with E-state index >= 15 is 0 Å². The summed E-state index contributed by atoms with van der Waals surface area (Å²) in [6, 6.07) is 14.7. The van der Waals surface area contributed by atoms with Crippen molar-refractivity contribution >= 4 is 22.7 Å². The minimum absolute atomic E-state index is 0.247. The van der Waals surface area contributed by atoms with Crippen molar-refractivity contribution in [3.8, 4) is 5.82 Å². The van der Waals surface area contributed by atoms with Gasteiger partial charge in [0.25, 0.3) is 5.91 Å². The van der Waals surface area contributed by atoms with Crippen LogP contribution in [0.2, 0.25) is 0 Å². The molecule has 0 aliphatic rings. The first-order valence-electron chi connectivity index (χ1n) is 8.14. The van der Waals surface area contributed by atoms with Crippen LogP contribution in [0.4, 0.5) is 5.82 Å². The van der Waals surface area contributed by atoms with Gasteiger partial charge in [0.15, 0.2) is 11.6 Å². The zero-order valence-corrected chi connectivity index (χ0v) is 13.8. The smallest absolute Gasteiger partial charge is 0.287 e. The SMILES string of the molecule is O=C(NCCNc1ccc(-n2cccn2)nn1)c1cc2ccccc2o1. The fraction of sp³-hybridized carbons (Fsp3) is 0.111. The molecule has 0 spiro atoms. The molecule has 0 atom stereocenters. The predicted molar refractivity (Wildman–Crippen MR) is 96.2 cm³/mol. The molecule has 1 amide bonds. The summed E-state index contributed by atoms with van der Waals surface area (Å²) >= 11 is 0. The maximum atomic E-state index is 12.1. The van der Waals surface area contributed by atoms with Crippen molar-refractivity contribution in [3.63, 3.8) is 0 Å². The van der Waals surface area contributed by atoms with Crippen molar-refractivity contribution in [2.24, 2.45) is 0 Å². The number of fused-ring (bicyclic) bond motifs is 1. The number of nitrogens with zero attached hydrogens (tertiary/aromatic N) is 4. The third kappa shape index (κ3) is 3.39. The number of benzene rings is 1. The molecule has 2 N–H and O–H groups in total. The van der Waals surface area contributed by atoms with E-state index in [1.807, 2.05) is 42.5 Å². The van der Waals surface area contributed by atoms with Crippen LogP contribution in [0.3, 0.4) is 0 Å². The number of para-hydroxylation sites is 1. The zero-order chi connectivity index (χ0) is 17.8. The van der Waals surface area contributed by atoms with Crippen LogP contribution in [-0.4, -0.2) is 39.0 Å². The molecule has 0 unspecified atom stereocenters. The average molecular weight is 348 g/mol. The van der Waals surface area contributed by atoms with Gasteiger partial charge in [0, 0.05) is 30.9 Å². The lowest BCUT2D eigenvalue weighted by Gasteiger charge is -2.06. The van der Waals surface area contributed by atoms with E-state index in [0.29, 0.717) is 36.1 Å². The van der Waals surface area contributed by atoms with Crippen LogP contribution in [0.1, 0.15) is 10.6 Å². The molecule has 130 valence electrons. The summed E-state index contributed by atoms with van der Waals surface area (Å²) in [5, 5.41) is 19.1. The molecule has 0 bridgehead atoms. The van der Waals surface area contributed by atoms with Crippen LogP contribution in [0.5, 0.6) is 0 Å². The fourth-order valence-corrected chi connectivity index (χ4v) is 2.49. The first-order chi connectivity index (χ1) is 12.8. The van der Waals surface area contributed by atoms with Crippen LogP contribution in [0.15, 0.2) is 65.3 Å². The number of nitrogens with one attached hydrogen (secondary N) is 2. The second kappa shape index (κ2) is 7.06. The Hall–Kier alpha value is -3.68. The summed E-state index contributed by atoms with van der Waals surface area (Å²) in [5.74, 6) is 1.32. The second-order valence-corrected chi connectivity index (χ2v) is 5.56. The molecule has 8 nitrogen and oxygen atoms in total. The molecule has 0 aliphatic carbocycles. The van der Waals surface area contributed by atoms with Crippen molar-refractivity contribution in [1.82, 2.24) is 25.3 Å². The van der Waals surface area contributed by atoms with E-state index in [-0.39, 0.29) is 5.91 Å². The van der Waals surface area contributed by atoms with Crippen molar-refractivity contribution in [1.29, 1.82) is 0 Å². The molecular formula is C18H16N6O2. The maximum absolute atomic E-state index is 12.1. The van der Waals surface area contributed by atoms with Crippen LogP contribution in [0, 0.1) is 0 Å². The first-order valence-corrected chi connectivity index (χ1v) is 8.14. The molecule has 0 radical (unpaired) electrons. The molecule has 26 heavy (non-hydrogen) atoms. The van der Waals surface area contributed by atoms with Crippen LogP contribution >= 0.6 is 0 Å². The van der Waals surface area contributed by atoms with Gasteiger partial charge in [0.2, 0.25) is 0 Å². The predicted octanol–water partition coefficient (Wildman–Crippen LogP) is 2.25. The van der Waals surface area contributed by atoms with Gasteiger partial charge in [-0.1, -0.05) is 18.2 Å². The summed E-state index contributed by atoms with van der Waals surface area (Å²) in [6.45, 7) is 0.945. The third-order valence-corrected chi connectivity index (χ3v) is 3.76. The van der Waals surface area contributed by atoms with Gasteiger partial charge < -0.3 is 15.1 Å². The van der Waals surface area contributed by atoms with Gasteiger partial charge in [0.1, 0.15) is 11.4 Å². The van der Waals surface area contributed by atoms with E-state index in [9.17, 15) is 4.79 Å². The Bertz CT molecular complexity index is 975. The fourth-order valence-electron chi connectivity index (χ4n) is 2.49. The molecule has 8 heteroatoms. The standard InChI is InChI=1S/C18H16N6O2/c25-18(15-12-13-4-1-2-5-14(13)26-15)20-10-9-19-16-6-7-17(23-22-16)24-11-3-8-21-24/h1-8,11-12H,9-10H2,(H,19,22)(H,20,25). The number of carbonyl (C=O) groups excluding carboxylic acids is 1. The maximum Gasteiger partial charge on any atom is 0.287 e. The van der Waals surface area contributed by atoms with Gasteiger partial charge in [-0.15, -0.1) is 10.2 Å². The first kappa shape index (κ1) is 15.8. The number of rotatable bonds is 6. The quantitative estimate of drug-likeness (QED) is 0.519. The second-order valence-electron chi connectivity index (χ2n) is 5.56. The molecule has 0 fully saturated rings. The molecule has 1 aromatic carbocycles. The molecule has 0 saturated carbocycles. The van der Waals surface area contributed by atoms with E-state index < -0.39 is 0 Å². The Balaban J connectivity index is 1.27. The van der Waals surface area contributed by atoms with Gasteiger partial charge in [-0.05, 0) is 30.3 Å². The highest BCUT2D eigenvalue weighted by Crippen LogP contribution is 2.18.